The SMILES string of the molecule is Cc1ccc2[nH]c3c(c2c1)CCCC3NP=O. The standard InChI is InChI=1S/C13H15N2OP/c1-8-5-6-11-10(7-8)9-3-2-4-12(15-17-16)13(9)14-11/h5-7,12,14H,2-4H2,1H3,(H,15,16). The Kier molecular flexibility index (Phi) is 2.73. The summed E-state index contributed by atoms with van der Waals surface area (Å²) >= 11 is 0. The lowest BCUT2D eigenvalue weighted by Crippen LogP contribution is -2.17. The van der Waals surface area contributed by atoms with Crippen molar-refractivity contribution in [3.05, 3.63) is 35.0 Å². The van der Waals surface area contributed by atoms with Gasteiger partial charge in [0.2, 0.25) is 8.61 Å². The Bertz CT molecular complexity index is 576. The van der Waals surface area contributed by atoms with Crippen molar-refractivity contribution in [2.24, 2.45) is 0 Å². The largest absolute Gasteiger partial charge is 0.357 e. The summed E-state index contributed by atoms with van der Waals surface area (Å²) in [5, 5.41) is 4.33. The fraction of sp³-hybridized carbons (Fsp3) is 0.385. The molecule has 2 N–H and O–H groups in total. The molecule has 2 aromatic rings. The number of aromatic amines is 1. The fourth-order valence-corrected chi connectivity index (χ4v) is 3.15. The summed E-state index contributed by atoms with van der Waals surface area (Å²) < 4.78 is 10.7. The molecular formula is C13H15N2OP. The van der Waals surface area contributed by atoms with Crippen molar-refractivity contribution in [2.75, 3.05) is 0 Å². The number of H-pyrrole nitrogens is 1. The molecule has 3 nitrogen and oxygen atoms in total. The zero-order valence-electron chi connectivity index (χ0n) is 9.79. The van der Waals surface area contributed by atoms with Crippen LogP contribution in [0.15, 0.2) is 18.2 Å². The highest BCUT2D eigenvalue weighted by Crippen LogP contribution is 2.35. The van der Waals surface area contributed by atoms with Gasteiger partial charge < -0.3 is 4.98 Å². The number of aromatic nitrogens is 1. The van der Waals surface area contributed by atoms with Crippen molar-refractivity contribution in [1.29, 1.82) is 0 Å². The summed E-state index contributed by atoms with van der Waals surface area (Å²) in [5.41, 5.74) is 5.10. The van der Waals surface area contributed by atoms with Crippen LogP contribution < -0.4 is 5.09 Å². The molecule has 0 bridgehead atoms. The molecule has 1 atom stereocenters. The third-order valence-electron chi connectivity index (χ3n) is 3.57. The minimum Gasteiger partial charge on any atom is -0.357 e. The molecule has 17 heavy (non-hydrogen) atoms. The Labute approximate surface area is 102 Å². The highest BCUT2D eigenvalue weighted by molar-refractivity contribution is 7.21. The molecule has 1 aromatic heterocycles. The molecule has 1 aliphatic carbocycles. The van der Waals surface area contributed by atoms with Crippen LogP contribution in [-0.2, 0) is 11.0 Å². The average molecular weight is 246 g/mol. The first kappa shape index (κ1) is 10.9. The first-order valence-electron chi connectivity index (χ1n) is 5.98. The first-order valence-corrected chi connectivity index (χ1v) is 6.80. The van der Waals surface area contributed by atoms with E-state index in [-0.39, 0.29) is 14.7 Å². The molecule has 1 aliphatic rings. The molecule has 1 heterocycles. The van der Waals surface area contributed by atoms with Gasteiger partial charge in [0.1, 0.15) is 0 Å². The van der Waals surface area contributed by atoms with Crippen LogP contribution in [0.5, 0.6) is 0 Å². The molecule has 3 rings (SSSR count). The van der Waals surface area contributed by atoms with E-state index in [4.69, 9.17) is 0 Å². The van der Waals surface area contributed by atoms with Gasteiger partial charge >= 0.3 is 0 Å². The van der Waals surface area contributed by atoms with Crippen LogP contribution in [0.1, 0.15) is 35.7 Å². The van der Waals surface area contributed by atoms with Crippen molar-refractivity contribution < 1.29 is 4.57 Å². The topological polar surface area (TPSA) is 44.9 Å². The monoisotopic (exact) mass is 246 g/mol. The lowest BCUT2D eigenvalue weighted by atomic mass is 9.92. The summed E-state index contributed by atoms with van der Waals surface area (Å²) in [6.45, 7) is 2.12. The zero-order chi connectivity index (χ0) is 11.8. The normalized spacial score (nSPS) is 19.7. The minimum absolute atomic E-state index is 0.0151. The summed E-state index contributed by atoms with van der Waals surface area (Å²) in [6.07, 6.45) is 3.32. The Hall–Kier alpha value is -1.18. The van der Waals surface area contributed by atoms with Crippen LogP contribution in [0.25, 0.3) is 10.9 Å². The number of hydrogen-bond acceptors (Lipinski definition) is 1. The summed E-state index contributed by atoms with van der Waals surface area (Å²) in [6, 6.07) is 6.70. The quantitative estimate of drug-likeness (QED) is 0.794. The zero-order valence-corrected chi connectivity index (χ0v) is 10.7. The van der Waals surface area contributed by atoms with E-state index in [1.807, 2.05) is 0 Å². The van der Waals surface area contributed by atoms with Crippen molar-refractivity contribution in [3.63, 3.8) is 0 Å². The smallest absolute Gasteiger partial charge is 0.246 e. The lowest BCUT2D eigenvalue weighted by molar-refractivity contribution is 0.516. The van der Waals surface area contributed by atoms with Gasteiger partial charge in [0, 0.05) is 16.6 Å². The van der Waals surface area contributed by atoms with Crippen LogP contribution >= 0.6 is 8.61 Å². The maximum absolute atomic E-state index is 10.7. The molecule has 0 saturated carbocycles. The number of rotatable bonds is 2. The molecule has 1 unspecified atom stereocenters. The average Bonchev–Trinajstić information content (AvgIpc) is 2.69. The van der Waals surface area contributed by atoms with E-state index in [0.717, 1.165) is 19.3 Å². The maximum atomic E-state index is 10.7. The van der Waals surface area contributed by atoms with E-state index in [0.29, 0.717) is 0 Å². The van der Waals surface area contributed by atoms with Crippen LogP contribution in [0.2, 0.25) is 0 Å². The Morgan fingerprint density at radius 3 is 3.18 bits per heavy atom. The second-order valence-corrected chi connectivity index (χ2v) is 5.17. The summed E-state index contributed by atoms with van der Waals surface area (Å²) in [4.78, 5) is 3.47. The second kappa shape index (κ2) is 4.25. The van der Waals surface area contributed by atoms with E-state index < -0.39 is 0 Å². The number of nitrogens with one attached hydrogen (secondary N) is 2. The number of fused-ring (bicyclic) bond motifs is 3. The molecule has 88 valence electrons. The van der Waals surface area contributed by atoms with Gasteiger partial charge in [-0.25, -0.2) is 5.09 Å². The van der Waals surface area contributed by atoms with Crippen molar-refractivity contribution in [2.45, 2.75) is 32.2 Å². The summed E-state index contributed by atoms with van der Waals surface area (Å²) in [5.74, 6) is 0. The Balaban J connectivity index is 2.18. The van der Waals surface area contributed by atoms with Gasteiger partial charge in [0.15, 0.2) is 0 Å². The molecule has 0 aliphatic heterocycles. The predicted molar refractivity (Wildman–Crippen MR) is 69.5 cm³/mol. The van der Waals surface area contributed by atoms with E-state index in [2.05, 4.69) is 35.2 Å². The number of benzene rings is 1. The van der Waals surface area contributed by atoms with E-state index in [9.17, 15) is 4.57 Å². The van der Waals surface area contributed by atoms with Gasteiger partial charge in [-0.3, -0.25) is 4.57 Å². The third-order valence-corrected chi connectivity index (χ3v) is 3.99. The summed E-state index contributed by atoms with van der Waals surface area (Å²) in [7, 11) is 0.0151. The maximum Gasteiger partial charge on any atom is 0.246 e. The molecule has 1 aromatic carbocycles. The molecule has 0 fully saturated rings. The number of aryl methyl sites for hydroxylation is 2. The van der Waals surface area contributed by atoms with Crippen molar-refractivity contribution >= 4 is 19.5 Å². The van der Waals surface area contributed by atoms with Crippen LogP contribution in [0, 0.1) is 6.92 Å². The van der Waals surface area contributed by atoms with Gasteiger partial charge in [-0.15, -0.1) is 0 Å². The first-order chi connectivity index (χ1) is 8.29. The predicted octanol–water partition coefficient (Wildman–Crippen LogP) is 3.65. The molecule has 0 spiro atoms. The van der Waals surface area contributed by atoms with E-state index >= 15 is 0 Å². The van der Waals surface area contributed by atoms with E-state index in [1.165, 1.54) is 27.7 Å². The van der Waals surface area contributed by atoms with Crippen LogP contribution in [0.3, 0.4) is 0 Å². The highest BCUT2D eigenvalue weighted by atomic mass is 31.1. The minimum atomic E-state index is 0.0151. The lowest BCUT2D eigenvalue weighted by Gasteiger charge is -2.20. The van der Waals surface area contributed by atoms with Gasteiger partial charge in [0.25, 0.3) is 0 Å². The molecule has 4 heteroatoms. The third kappa shape index (κ3) is 1.80. The van der Waals surface area contributed by atoms with Gasteiger partial charge in [-0.2, -0.15) is 0 Å². The number of hydrogen-bond donors (Lipinski definition) is 2. The molecule has 0 amide bonds. The van der Waals surface area contributed by atoms with E-state index in [1.54, 1.807) is 0 Å². The van der Waals surface area contributed by atoms with Gasteiger partial charge in [0.05, 0.1) is 6.04 Å². The van der Waals surface area contributed by atoms with Gasteiger partial charge in [-0.1, -0.05) is 11.6 Å². The van der Waals surface area contributed by atoms with Crippen LogP contribution in [0.4, 0.5) is 0 Å². The Morgan fingerprint density at radius 1 is 1.47 bits per heavy atom. The van der Waals surface area contributed by atoms with Crippen molar-refractivity contribution in [1.82, 2.24) is 10.1 Å². The molecule has 0 saturated heterocycles. The van der Waals surface area contributed by atoms with Crippen LogP contribution in [-0.4, -0.2) is 4.98 Å². The second-order valence-electron chi connectivity index (χ2n) is 4.73. The fourth-order valence-electron chi connectivity index (χ4n) is 2.77. The van der Waals surface area contributed by atoms with Crippen molar-refractivity contribution in [3.8, 4) is 0 Å². The molecular weight excluding hydrogens is 231 g/mol. The highest BCUT2D eigenvalue weighted by Gasteiger charge is 2.23. The van der Waals surface area contributed by atoms with Gasteiger partial charge in [-0.05, 0) is 43.9 Å². The Morgan fingerprint density at radius 2 is 2.35 bits per heavy atom. The molecule has 0 radical (unpaired) electrons.